The van der Waals surface area contributed by atoms with Gasteiger partial charge < -0.3 is 10.4 Å². The lowest BCUT2D eigenvalue weighted by Crippen LogP contribution is -2.42. The van der Waals surface area contributed by atoms with Crippen molar-refractivity contribution in [1.82, 2.24) is 5.32 Å². The Labute approximate surface area is 142 Å². The number of thioether (sulfide) groups is 1. The van der Waals surface area contributed by atoms with Crippen LogP contribution >= 0.6 is 11.8 Å². The van der Waals surface area contributed by atoms with E-state index < -0.39 is 6.10 Å². The zero-order valence-electron chi connectivity index (χ0n) is 13.3. The topological polar surface area (TPSA) is 49.3 Å². The van der Waals surface area contributed by atoms with Gasteiger partial charge in [0, 0.05) is 23.5 Å². The van der Waals surface area contributed by atoms with Crippen molar-refractivity contribution in [3.8, 4) is 0 Å². The minimum Gasteiger partial charge on any atom is -0.391 e. The third-order valence-corrected chi connectivity index (χ3v) is 4.61. The van der Waals surface area contributed by atoms with Crippen LogP contribution in [0.1, 0.15) is 18.9 Å². The fourth-order valence-electron chi connectivity index (χ4n) is 2.23. The number of carbonyl (C=O) groups is 1. The molecule has 2 aromatic rings. The smallest absolute Gasteiger partial charge is 0.221 e. The predicted molar refractivity (Wildman–Crippen MR) is 95.5 cm³/mol. The van der Waals surface area contributed by atoms with Crippen LogP contribution in [0.3, 0.4) is 0 Å². The molecule has 0 saturated carbocycles. The molecule has 3 nitrogen and oxygen atoms in total. The molecule has 0 aliphatic rings. The van der Waals surface area contributed by atoms with Gasteiger partial charge in [-0.25, -0.2) is 0 Å². The van der Waals surface area contributed by atoms with Crippen molar-refractivity contribution in [1.29, 1.82) is 0 Å². The van der Waals surface area contributed by atoms with Gasteiger partial charge in [-0.1, -0.05) is 48.5 Å². The van der Waals surface area contributed by atoms with Crippen molar-refractivity contribution >= 4 is 17.7 Å². The second kappa shape index (κ2) is 9.38. The highest BCUT2D eigenvalue weighted by Crippen LogP contribution is 2.17. The highest BCUT2D eigenvalue weighted by Gasteiger charge is 2.16. The minimum atomic E-state index is -0.580. The molecule has 0 saturated heterocycles. The Hall–Kier alpha value is -1.78. The average Bonchev–Trinajstić information content (AvgIpc) is 2.56. The van der Waals surface area contributed by atoms with Crippen molar-refractivity contribution in [3.05, 3.63) is 66.2 Å². The quantitative estimate of drug-likeness (QED) is 0.731. The van der Waals surface area contributed by atoms with Crippen LogP contribution in [-0.4, -0.2) is 28.9 Å². The molecular formula is C19H23NO2S. The van der Waals surface area contributed by atoms with Crippen molar-refractivity contribution in [2.45, 2.75) is 36.8 Å². The summed E-state index contributed by atoms with van der Waals surface area (Å²) >= 11 is 1.66. The molecule has 0 aliphatic carbocycles. The van der Waals surface area contributed by atoms with E-state index in [0.29, 0.717) is 12.8 Å². The van der Waals surface area contributed by atoms with Gasteiger partial charge in [-0.05, 0) is 24.6 Å². The summed E-state index contributed by atoms with van der Waals surface area (Å²) in [7, 11) is 0. The lowest BCUT2D eigenvalue weighted by Gasteiger charge is -2.20. The van der Waals surface area contributed by atoms with E-state index in [-0.39, 0.29) is 11.9 Å². The summed E-state index contributed by atoms with van der Waals surface area (Å²) in [6, 6.07) is 19.6. The number of aliphatic hydroxyl groups excluding tert-OH is 1. The number of aliphatic hydroxyl groups is 1. The van der Waals surface area contributed by atoms with E-state index in [2.05, 4.69) is 5.32 Å². The van der Waals surface area contributed by atoms with E-state index in [9.17, 15) is 9.90 Å². The maximum atomic E-state index is 12.0. The van der Waals surface area contributed by atoms with Gasteiger partial charge >= 0.3 is 0 Å². The van der Waals surface area contributed by atoms with Crippen LogP contribution in [0.25, 0.3) is 0 Å². The van der Waals surface area contributed by atoms with Gasteiger partial charge in [-0.15, -0.1) is 11.8 Å². The Kier molecular flexibility index (Phi) is 7.17. The molecule has 0 aromatic heterocycles. The summed E-state index contributed by atoms with van der Waals surface area (Å²) in [4.78, 5) is 13.1. The number of hydrogen-bond donors (Lipinski definition) is 2. The first-order chi connectivity index (χ1) is 11.1. The van der Waals surface area contributed by atoms with E-state index in [0.717, 1.165) is 16.2 Å². The zero-order valence-corrected chi connectivity index (χ0v) is 14.1. The number of nitrogens with one attached hydrogen (secondary N) is 1. The Morgan fingerprint density at radius 2 is 1.70 bits per heavy atom. The molecule has 2 aromatic carbocycles. The molecule has 2 N–H and O–H groups in total. The Morgan fingerprint density at radius 1 is 1.09 bits per heavy atom. The van der Waals surface area contributed by atoms with Crippen LogP contribution in [0.15, 0.2) is 65.6 Å². The summed E-state index contributed by atoms with van der Waals surface area (Å²) in [5, 5.41) is 13.1. The third kappa shape index (κ3) is 6.47. The van der Waals surface area contributed by atoms with Crippen molar-refractivity contribution in [2.75, 3.05) is 5.75 Å². The van der Waals surface area contributed by atoms with Gasteiger partial charge in [-0.3, -0.25) is 4.79 Å². The molecule has 0 radical (unpaired) electrons. The van der Waals surface area contributed by atoms with E-state index in [1.54, 1.807) is 11.8 Å². The largest absolute Gasteiger partial charge is 0.391 e. The van der Waals surface area contributed by atoms with E-state index >= 15 is 0 Å². The standard InChI is InChI=1S/C19H23NO2S/c1-15(18(21)14-16-8-4-2-5-9-16)20-19(22)12-13-23-17-10-6-3-7-11-17/h2-11,15,18,21H,12-14H2,1H3,(H,20,22). The lowest BCUT2D eigenvalue weighted by atomic mass is 10.0. The van der Waals surface area contributed by atoms with Gasteiger partial charge in [0.1, 0.15) is 0 Å². The van der Waals surface area contributed by atoms with Crippen LogP contribution in [0.2, 0.25) is 0 Å². The van der Waals surface area contributed by atoms with E-state index in [1.807, 2.05) is 67.6 Å². The van der Waals surface area contributed by atoms with Gasteiger partial charge in [-0.2, -0.15) is 0 Å². The van der Waals surface area contributed by atoms with Gasteiger partial charge in [0.15, 0.2) is 0 Å². The van der Waals surface area contributed by atoms with E-state index in [1.165, 1.54) is 0 Å². The fourth-order valence-corrected chi connectivity index (χ4v) is 3.11. The first kappa shape index (κ1) is 17.6. The molecule has 2 rings (SSSR count). The number of carbonyl (C=O) groups excluding carboxylic acids is 1. The molecule has 0 spiro atoms. The molecule has 1 amide bonds. The second-order valence-electron chi connectivity index (χ2n) is 5.52. The number of benzene rings is 2. The molecule has 0 heterocycles. The molecule has 2 atom stereocenters. The van der Waals surface area contributed by atoms with Crippen LogP contribution in [0, 0.1) is 0 Å². The molecule has 122 valence electrons. The van der Waals surface area contributed by atoms with Gasteiger partial charge in [0.05, 0.1) is 12.1 Å². The van der Waals surface area contributed by atoms with Crippen LogP contribution in [0.4, 0.5) is 0 Å². The van der Waals surface area contributed by atoms with Crippen LogP contribution < -0.4 is 5.32 Å². The molecule has 0 aliphatic heterocycles. The molecule has 4 heteroatoms. The Bertz CT molecular complexity index is 589. The summed E-state index contributed by atoms with van der Waals surface area (Å²) in [6.07, 6.45) is 0.409. The van der Waals surface area contributed by atoms with Gasteiger partial charge in [0.2, 0.25) is 5.91 Å². The first-order valence-electron chi connectivity index (χ1n) is 7.84. The molecule has 23 heavy (non-hydrogen) atoms. The zero-order chi connectivity index (χ0) is 16.5. The SMILES string of the molecule is CC(NC(=O)CCSc1ccccc1)C(O)Cc1ccccc1. The summed E-state index contributed by atoms with van der Waals surface area (Å²) < 4.78 is 0. The molecule has 2 unspecified atom stereocenters. The maximum Gasteiger partial charge on any atom is 0.221 e. The Balaban J connectivity index is 1.69. The van der Waals surface area contributed by atoms with Crippen molar-refractivity contribution in [2.24, 2.45) is 0 Å². The normalized spacial score (nSPS) is 13.3. The Morgan fingerprint density at radius 3 is 2.35 bits per heavy atom. The maximum absolute atomic E-state index is 12.0. The summed E-state index contributed by atoms with van der Waals surface area (Å²) in [5.74, 6) is 0.713. The number of rotatable bonds is 8. The summed E-state index contributed by atoms with van der Waals surface area (Å²) in [5.41, 5.74) is 1.07. The number of hydrogen-bond acceptors (Lipinski definition) is 3. The highest BCUT2D eigenvalue weighted by molar-refractivity contribution is 7.99. The lowest BCUT2D eigenvalue weighted by molar-refractivity contribution is -0.122. The van der Waals surface area contributed by atoms with E-state index in [4.69, 9.17) is 0 Å². The van der Waals surface area contributed by atoms with Crippen LogP contribution in [0.5, 0.6) is 0 Å². The van der Waals surface area contributed by atoms with Crippen LogP contribution in [-0.2, 0) is 11.2 Å². The van der Waals surface area contributed by atoms with Crippen molar-refractivity contribution in [3.63, 3.8) is 0 Å². The first-order valence-corrected chi connectivity index (χ1v) is 8.83. The predicted octanol–water partition coefficient (Wildman–Crippen LogP) is 3.28. The fraction of sp³-hybridized carbons (Fsp3) is 0.316. The molecular weight excluding hydrogens is 306 g/mol. The van der Waals surface area contributed by atoms with Gasteiger partial charge in [0.25, 0.3) is 0 Å². The average molecular weight is 329 g/mol. The third-order valence-electron chi connectivity index (χ3n) is 3.59. The molecule has 0 fully saturated rings. The second-order valence-corrected chi connectivity index (χ2v) is 6.69. The summed E-state index contributed by atoms with van der Waals surface area (Å²) in [6.45, 7) is 1.84. The minimum absolute atomic E-state index is 0.0203. The monoisotopic (exact) mass is 329 g/mol. The molecule has 0 bridgehead atoms. The number of amides is 1. The highest BCUT2D eigenvalue weighted by atomic mass is 32.2. The van der Waals surface area contributed by atoms with Crippen molar-refractivity contribution < 1.29 is 9.90 Å².